The number of fused-ring (bicyclic) bond motifs is 3. The normalized spacial score (nSPS) is 11.3. The van der Waals surface area contributed by atoms with E-state index in [1.165, 1.54) is 12.1 Å². The number of aromatic hydroxyl groups is 3. The van der Waals surface area contributed by atoms with E-state index in [2.05, 4.69) is 16.7 Å². The maximum Gasteiger partial charge on any atom is 0.161 e. The lowest BCUT2D eigenvalue weighted by molar-refractivity contribution is 0.394. The molecule has 0 aliphatic rings. The highest BCUT2D eigenvalue weighted by atomic mass is 16.3. The molecule has 0 atom stereocenters. The first-order chi connectivity index (χ1) is 11.1. The van der Waals surface area contributed by atoms with E-state index in [0.717, 1.165) is 21.8 Å². The molecule has 1 aromatic heterocycles. The molecular formula is C19H15NO3. The number of phenols is 3. The van der Waals surface area contributed by atoms with E-state index in [0.29, 0.717) is 12.1 Å². The lowest BCUT2D eigenvalue weighted by atomic mass is 10.1. The standard InChI is InChI=1S/C19H15NO3/c21-17-10-19(23)18(22)9-12(17)11-20-15-7-3-1-5-13(15)14-6-2-4-8-16(14)20/h1-10,21-23H,11H2. The molecule has 3 aromatic carbocycles. The highest BCUT2D eigenvalue weighted by molar-refractivity contribution is 6.08. The van der Waals surface area contributed by atoms with Crippen LogP contribution in [0.5, 0.6) is 17.2 Å². The molecule has 0 saturated heterocycles. The summed E-state index contributed by atoms with van der Waals surface area (Å²) < 4.78 is 2.09. The summed E-state index contributed by atoms with van der Waals surface area (Å²) in [5, 5.41) is 31.5. The van der Waals surface area contributed by atoms with E-state index < -0.39 is 0 Å². The van der Waals surface area contributed by atoms with Crippen LogP contribution in [-0.4, -0.2) is 19.9 Å². The number of hydrogen-bond donors (Lipinski definition) is 3. The SMILES string of the molecule is Oc1cc(O)c(Cn2c3ccccc3c3ccccc32)cc1O. The number of hydrogen-bond acceptors (Lipinski definition) is 3. The minimum Gasteiger partial charge on any atom is -0.507 e. The van der Waals surface area contributed by atoms with E-state index in [1.54, 1.807) is 0 Å². The van der Waals surface area contributed by atoms with Gasteiger partial charge in [0.15, 0.2) is 11.5 Å². The van der Waals surface area contributed by atoms with E-state index in [-0.39, 0.29) is 17.2 Å². The number of para-hydroxylation sites is 2. The van der Waals surface area contributed by atoms with Gasteiger partial charge in [-0.05, 0) is 18.2 Å². The van der Waals surface area contributed by atoms with Gasteiger partial charge in [-0.3, -0.25) is 0 Å². The fraction of sp³-hybridized carbons (Fsp3) is 0.0526. The van der Waals surface area contributed by atoms with Crippen LogP contribution in [0.4, 0.5) is 0 Å². The maximum atomic E-state index is 10.1. The van der Waals surface area contributed by atoms with Crippen molar-refractivity contribution < 1.29 is 15.3 Å². The van der Waals surface area contributed by atoms with E-state index in [4.69, 9.17) is 0 Å². The van der Waals surface area contributed by atoms with Crippen molar-refractivity contribution in [3.63, 3.8) is 0 Å². The Kier molecular flexibility index (Phi) is 2.91. The van der Waals surface area contributed by atoms with Gasteiger partial charge in [-0.15, -0.1) is 0 Å². The lowest BCUT2D eigenvalue weighted by Crippen LogP contribution is -1.99. The Morgan fingerprint density at radius 2 is 1.17 bits per heavy atom. The van der Waals surface area contributed by atoms with Gasteiger partial charge in [0.25, 0.3) is 0 Å². The molecule has 23 heavy (non-hydrogen) atoms. The second-order valence-corrected chi connectivity index (χ2v) is 5.59. The number of benzene rings is 3. The number of phenolic OH excluding ortho intramolecular Hbond substituents is 3. The highest BCUT2D eigenvalue weighted by Gasteiger charge is 2.13. The lowest BCUT2D eigenvalue weighted by Gasteiger charge is -2.10. The Labute approximate surface area is 132 Å². The Bertz CT molecular complexity index is 980. The minimum absolute atomic E-state index is 0.0397. The Morgan fingerprint density at radius 1 is 0.652 bits per heavy atom. The van der Waals surface area contributed by atoms with Gasteiger partial charge in [0, 0.05) is 33.4 Å². The van der Waals surface area contributed by atoms with Crippen LogP contribution in [0.3, 0.4) is 0 Å². The average molecular weight is 305 g/mol. The number of aromatic nitrogens is 1. The van der Waals surface area contributed by atoms with Crippen LogP contribution >= 0.6 is 0 Å². The van der Waals surface area contributed by atoms with Crippen molar-refractivity contribution in [2.45, 2.75) is 6.54 Å². The predicted molar refractivity (Wildman–Crippen MR) is 90.0 cm³/mol. The highest BCUT2D eigenvalue weighted by Crippen LogP contribution is 2.35. The molecule has 4 rings (SSSR count). The van der Waals surface area contributed by atoms with Gasteiger partial charge in [0.1, 0.15) is 5.75 Å². The first-order valence-electron chi connectivity index (χ1n) is 7.35. The van der Waals surface area contributed by atoms with E-state index in [1.807, 2.05) is 36.4 Å². The van der Waals surface area contributed by atoms with Crippen molar-refractivity contribution >= 4 is 21.8 Å². The molecule has 4 nitrogen and oxygen atoms in total. The summed E-state index contributed by atoms with van der Waals surface area (Å²) in [6.07, 6.45) is 0. The molecule has 0 aliphatic carbocycles. The van der Waals surface area contributed by atoms with Gasteiger partial charge in [0.2, 0.25) is 0 Å². The molecule has 0 amide bonds. The number of nitrogens with zero attached hydrogens (tertiary/aromatic N) is 1. The zero-order valence-electron chi connectivity index (χ0n) is 12.3. The fourth-order valence-corrected chi connectivity index (χ4v) is 3.08. The van der Waals surface area contributed by atoms with Gasteiger partial charge in [-0.25, -0.2) is 0 Å². The Morgan fingerprint density at radius 3 is 1.78 bits per heavy atom. The molecule has 114 valence electrons. The van der Waals surface area contributed by atoms with Crippen LogP contribution in [0.1, 0.15) is 5.56 Å². The van der Waals surface area contributed by atoms with Crippen molar-refractivity contribution in [3.05, 3.63) is 66.2 Å². The van der Waals surface area contributed by atoms with Crippen LogP contribution in [0.2, 0.25) is 0 Å². The van der Waals surface area contributed by atoms with Crippen molar-refractivity contribution in [2.24, 2.45) is 0 Å². The average Bonchev–Trinajstić information content (AvgIpc) is 2.87. The summed E-state index contributed by atoms with van der Waals surface area (Å²) in [7, 11) is 0. The van der Waals surface area contributed by atoms with Gasteiger partial charge in [-0.2, -0.15) is 0 Å². The molecule has 4 aromatic rings. The summed E-state index contributed by atoms with van der Waals surface area (Å²) in [6, 6.07) is 18.7. The molecule has 1 heterocycles. The molecule has 0 bridgehead atoms. The van der Waals surface area contributed by atoms with Crippen LogP contribution in [0.25, 0.3) is 21.8 Å². The van der Waals surface area contributed by atoms with E-state index in [9.17, 15) is 15.3 Å². The summed E-state index contributed by atoms with van der Waals surface area (Å²) in [4.78, 5) is 0. The third-order valence-electron chi connectivity index (χ3n) is 4.18. The zero-order valence-corrected chi connectivity index (χ0v) is 12.3. The van der Waals surface area contributed by atoms with Crippen molar-refractivity contribution in [2.75, 3.05) is 0 Å². The van der Waals surface area contributed by atoms with Crippen molar-refractivity contribution in [3.8, 4) is 17.2 Å². The quantitative estimate of drug-likeness (QED) is 0.388. The fourth-order valence-electron chi connectivity index (χ4n) is 3.08. The summed E-state index contributed by atoms with van der Waals surface area (Å²) >= 11 is 0. The molecule has 0 fully saturated rings. The van der Waals surface area contributed by atoms with Crippen molar-refractivity contribution in [1.29, 1.82) is 0 Å². The molecular weight excluding hydrogens is 290 g/mol. The number of rotatable bonds is 2. The minimum atomic E-state index is -0.325. The second-order valence-electron chi connectivity index (χ2n) is 5.59. The topological polar surface area (TPSA) is 65.6 Å². The van der Waals surface area contributed by atoms with Gasteiger partial charge < -0.3 is 19.9 Å². The second kappa shape index (κ2) is 4.95. The molecule has 3 N–H and O–H groups in total. The molecule has 0 spiro atoms. The Hall–Kier alpha value is -3.14. The summed E-state index contributed by atoms with van der Waals surface area (Å²) in [5.41, 5.74) is 2.66. The largest absolute Gasteiger partial charge is 0.507 e. The summed E-state index contributed by atoms with van der Waals surface area (Å²) in [5.74, 6) is -0.603. The maximum absolute atomic E-state index is 10.1. The molecule has 4 heteroatoms. The smallest absolute Gasteiger partial charge is 0.161 e. The first-order valence-corrected chi connectivity index (χ1v) is 7.35. The van der Waals surface area contributed by atoms with Crippen LogP contribution in [0.15, 0.2) is 60.7 Å². The van der Waals surface area contributed by atoms with Gasteiger partial charge in [0.05, 0.1) is 6.54 Å². The van der Waals surface area contributed by atoms with Gasteiger partial charge in [-0.1, -0.05) is 36.4 Å². The van der Waals surface area contributed by atoms with Crippen LogP contribution in [-0.2, 0) is 6.54 Å². The third-order valence-corrected chi connectivity index (χ3v) is 4.18. The first kappa shape index (κ1) is 13.5. The van der Waals surface area contributed by atoms with Gasteiger partial charge >= 0.3 is 0 Å². The van der Waals surface area contributed by atoms with E-state index >= 15 is 0 Å². The molecule has 0 saturated carbocycles. The monoisotopic (exact) mass is 305 g/mol. The predicted octanol–water partition coefficient (Wildman–Crippen LogP) is 3.96. The van der Waals surface area contributed by atoms with Crippen LogP contribution < -0.4 is 0 Å². The third kappa shape index (κ3) is 2.07. The summed E-state index contributed by atoms with van der Waals surface area (Å²) in [6.45, 7) is 0.397. The Balaban J connectivity index is 1.96. The molecule has 0 radical (unpaired) electrons. The van der Waals surface area contributed by atoms with Crippen LogP contribution in [0, 0.1) is 0 Å². The molecule has 0 aliphatic heterocycles. The zero-order chi connectivity index (χ0) is 16.0. The molecule has 0 unspecified atom stereocenters. The van der Waals surface area contributed by atoms with Crippen molar-refractivity contribution in [1.82, 2.24) is 4.57 Å².